The normalized spacial score (nSPS) is 11.9. The Morgan fingerprint density at radius 3 is 2.37 bits per heavy atom. The predicted molar refractivity (Wildman–Crippen MR) is 122 cm³/mol. The summed E-state index contributed by atoms with van der Waals surface area (Å²) in [4.78, 5) is 3.66. The Morgan fingerprint density at radius 1 is 0.667 bits per heavy atom. The molecule has 0 aliphatic rings. The van der Waals surface area contributed by atoms with Gasteiger partial charge in [-0.25, -0.2) is 0 Å². The molecule has 0 saturated carbocycles. The molecule has 128 valence electrons. The molecule has 0 spiro atoms. The SMILES string of the molecule is Brc1ccc(-c2cccc3c2[nH]c2ccccc23)c2c1sc1ccccc12. The summed E-state index contributed by atoms with van der Waals surface area (Å²) in [6.07, 6.45) is 0. The van der Waals surface area contributed by atoms with Gasteiger partial charge in [-0.2, -0.15) is 0 Å². The van der Waals surface area contributed by atoms with Crippen molar-refractivity contribution in [3.05, 3.63) is 83.3 Å². The van der Waals surface area contributed by atoms with Crippen LogP contribution in [0.5, 0.6) is 0 Å². The van der Waals surface area contributed by atoms with Gasteiger partial charge in [0.05, 0.1) is 10.2 Å². The van der Waals surface area contributed by atoms with E-state index in [1.165, 1.54) is 53.1 Å². The van der Waals surface area contributed by atoms with Crippen LogP contribution in [0.1, 0.15) is 0 Å². The van der Waals surface area contributed by atoms with Gasteiger partial charge >= 0.3 is 0 Å². The zero-order chi connectivity index (χ0) is 18.0. The molecule has 4 aromatic carbocycles. The standard InChI is InChI=1S/C24H14BrNS/c25-19-13-12-15(22-18-7-2-4-11-21(18)27-24(19)22)17-9-5-8-16-14-6-1-3-10-20(14)26-23(16)17/h1-13,26H. The van der Waals surface area contributed by atoms with Crippen molar-refractivity contribution in [2.45, 2.75) is 0 Å². The molecule has 0 unspecified atom stereocenters. The second kappa shape index (κ2) is 5.69. The number of hydrogen-bond donors (Lipinski definition) is 1. The summed E-state index contributed by atoms with van der Waals surface area (Å²) in [5.41, 5.74) is 4.92. The monoisotopic (exact) mass is 427 g/mol. The molecule has 27 heavy (non-hydrogen) atoms. The lowest BCUT2D eigenvalue weighted by atomic mass is 9.97. The molecule has 0 aliphatic heterocycles. The largest absolute Gasteiger partial charge is 0.354 e. The molecule has 2 aromatic heterocycles. The first kappa shape index (κ1) is 15.4. The fourth-order valence-corrected chi connectivity index (χ4v) is 5.83. The molecule has 6 aromatic rings. The minimum absolute atomic E-state index is 1.16. The van der Waals surface area contributed by atoms with E-state index in [2.05, 4.69) is 99.8 Å². The van der Waals surface area contributed by atoms with Gasteiger partial charge in [-0.05, 0) is 39.7 Å². The summed E-state index contributed by atoms with van der Waals surface area (Å²) in [6, 6.07) is 28.2. The minimum Gasteiger partial charge on any atom is -0.354 e. The van der Waals surface area contributed by atoms with Crippen molar-refractivity contribution >= 4 is 69.2 Å². The number of aromatic nitrogens is 1. The Morgan fingerprint density at radius 2 is 1.44 bits per heavy atom. The highest BCUT2D eigenvalue weighted by molar-refractivity contribution is 9.10. The van der Waals surface area contributed by atoms with Crippen molar-refractivity contribution < 1.29 is 0 Å². The second-order valence-electron chi connectivity index (χ2n) is 6.80. The van der Waals surface area contributed by atoms with Crippen molar-refractivity contribution in [1.82, 2.24) is 4.98 Å². The van der Waals surface area contributed by atoms with Gasteiger partial charge < -0.3 is 4.98 Å². The van der Waals surface area contributed by atoms with E-state index in [4.69, 9.17) is 0 Å². The zero-order valence-corrected chi connectivity index (χ0v) is 16.7. The van der Waals surface area contributed by atoms with Gasteiger partial charge in [-0.1, -0.05) is 60.7 Å². The number of H-pyrrole nitrogens is 1. The number of para-hydroxylation sites is 2. The topological polar surface area (TPSA) is 15.8 Å². The highest BCUT2D eigenvalue weighted by Gasteiger charge is 2.16. The molecule has 0 fully saturated rings. The van der Waals surface area contributed by atoms with Gasteiger partial charge in [0.25, 0.3) is 0 Å². The number of fused-ring (bicyclic) bond motifs is 6. The average molecular weight is 428 g/mol. The van der Waals surface area contributed by atoms with Crippen molar-refractivity contribution in [2.24, 2.45) is 0 Å². The van der Waals surface area contributed by atoms with Crippen LogP contribution in [0.3, 0.4) is 0 Å². The molecular weight excluding hydrogens is 414 g/mol. The Bertz CT molecular complexity index is 1490. The lowest BCUT2D eigenvalue weighted by molar-refractivity contribution is 1.54. The van der Waals surface area contributed by atoms with E-state index >= 15 is 0 Å². The first-order chi connectivity index (χ1) is 13.3. The number of nitrogens with one attached hydrogen (secondary N) is 1. The first-order valence-electron chi connectivity index (χ1n) is 8.91. The minimum atomic E-state index is 1.16. The summed E-state index contributed by atoms with van der Waals surface area (Å²) >= 11 is 5.61. The maximum absolute atomic E-state index is 3.76. The maximum atomic E-state index is 3.76. The van der Waals surface area contributed by atoms with Gasteiger partial charge in [0, 0.05) is 41.8 Å². The molecule has 1 nitrogen and oxygen atoms in total. The van der Waals surface area contributed by atoms with Crippen LogP contribution < -0.4 is 0 Å². The molecule has 3 heteroatoms. The smallest absolute Gasteiger partial charge is 0.0544 e. The molecule has 0 amide bonds. The van der Waals surface area contributed by atoms with Crippen LogP contribution in [0.4, 0.5) is 0 Å². The van der Waals surface area contributed by atoms with Crippen LogP contribution in [0.25, 0.3) is 53.1 Å². The Kier molecular flexibility index (Phi) is 3.25. The first-order valence-corrected chi connectivity index (χ1v) is 10.5. The van der Waals surface area contributed by atoms with E-state index in [0.29, 0.717) is 0 Å². The molecule has 0 radical (unpaired) electrons. The van der Waals surface area contributed by atoms with Crippen molar-refractivity contribution in [2.75, 3.05) is 0 Å². The molecule has 2 heterocycles. The van der Waals surface area contributed by atoms with Crippen molar-refractivity contribution in [1.29, 1.82) is 0 Å². The summed E-state index contributed by atoms with van der Waals surface area (Å²) in [7, 11) is 0. The number of thiophene rings is 1. The molecule has 1 N–H and O–H groups in total. The number of aromatic amines is 1. The van der Waals surface area contributed by atoms with E-state index in [9.17, 15) is 0 Å². The molecular formula is C24H14BrNS. The summed E-state index contributed by atoms with van der Waals surface area (Å²) < 4.78 is 3.79. The van der Waals surface area contributed by atoms with Gasteiger partial charge in [0.1, 0.15) is 0 Å². The van der Waals surface area contributed by atoms with E-state index in [1.54, 1.807) is 0 Å². The third-order valence-electron chi connectivity index (χ3n) is 5.31. The summed E-state index contributed by atoms with van der Waals surface area (Å²) in [6.45, 7) is 0. The van der Waals surface area contributed by atoms with Crippen molar-refractivity contribution in [3.8, 4) is 11.1 Å². The van der Waals surface area contributed by atoms with Crippen LogP contribution in [0.2, 0.25) is 0 Å². The van der Waals surface area contributed by atoms with E-state index in [-0.39, 0.29) is 0 Å². The lowest BCUT2D eigenvalue weighted by Crippen LogP contribution is -1.83. The van der Waals surface area contributed by atoms with Gasteiger partial charge in [-0.15, -0.1) is 11.3 Å². The third kappa shape index (κ3) is 2.16. The second-order valence-corrected chi connectivity index (χ2v) is 8.70. The quantitative estimate of drug-likeness (QED) is 0.272. The number of rotatable bonds is 1. The zero-order valence-electron chi connectivity index (χ0n) is 14.3. The Hall–Kier alpha value is -2.62. The van der Waals surface area contributed by atoms with Crippen LogP contribution in [-0.2, 0) is 0 Å². The molecule has 6 rings (SSSR count). The van der Waals surface area contributed by atoms with Crippen LogP contribution >= 0.6 is 27.3 Å². The maximum Gasteiger partial charge on any atom is 0.0544 e. The van der Waals surface area contributed by atoms with E-state index in [1.807, 2.05) is 11.3 Å². The number of benzene rings is 4. The summed E-state index contributed by atoms with van der Waals surface area (Å²) in [5.74, 6) is 0. The molecule has 0 bridgehead atoms. The van der Waals surface area contributed by atoms with Gasteiger partial charge in [0.2, 0.25) is 0 Å². The number of halogens is 1. The van der Waals surface area contributed by atoms with Crippen LogP contribution in [0, 0.1) is 0 Å². The van der Waals surface area contributed by atoms with Gasteiger partial charge in [0.15, 0.2) is 0 Å². The predicted octanol–water partition coefficient (Wildman–Crippen LogP) is 8.12. The third-order valence-corrected chi connectivity index (χ3v) is 7.44. The van der Waals surface area contributed by atoms with E-state index < -0.39 is 0 Å². The highest BCUT2D eigenvalue weighted by Crippen LogP contribution is 2.45. The average Bonchev–Trinajstić information content (AvgIpc) is 3.28. The van der Waals surface area contributed by atoms with Crippen LogP contribution in [0.15, 0.2) is 83.3 Å². The fraction of sp³-hybridized carbons (Fsp3) is 0. The molecule has 0 aliphatic carbocycles. The fourth-order valence-electron chi connectivity index (χ4n) is 4.12. The Labute approximate surface area is 168 Å². The van der Waals surface area contributed by atoms with E-state index in [0.717, 1.165) is 4.47 Å². The van der Waals surface area contributed by atoms with Gasteiger partial charge in [-0.3, -0.25) is 0 Å². The highest BCUT2D eigenvalue weighted by atomic mass is 79.9. The van der Waals surface area contributed by atoms with Crippen LogP contribution in [-0.4, -0.2) is 4.98 Å². The summed E-state index contributed by atoms with van der Waals surface area (Å²) in [5, 5.41) is 5.20. The molecule has 0 atom stereocenters. The molecule has 0 saturated heterocycles. The lowest BCUT2D eigenvalue weighted by Gasteiger charge is -2.08. The Balaban J connectivity index is 1.80. The van der Waals surface area contributed by atoms with Crippen molar-refractivity contribution in [3.63, 3.8) is 0 Å². The number of hydrogen-bond acceptors (Lipinski definition) is 1.